The Hall–Kier alpha value is -2.34. The number of thiophene rings is 1. The largest absolute Gasteiger partial charge is 0.478 e. The van der Waals surface area contributed by atoms with Crippen molar-refractivity contribution in [3.63, 3.8) is 0 Å². The second-order valence-corrected chi connectivity index (χ2v) is 5.62. The number of carbonyl (C=O) groups excluding carboxylic acids is 1. The van der Waals surface area contributed by atoms with Crippen LogP contribution >= 0.6 is 11.3 Å². The lowest BCUT2D eigenvalue weighted by Gasteiger charge is -2.18. The van der Waals surface area contributed by atoms with E-state index in [1.807, 2.05) is 16.8 Å². The van der Waals surface area contributed by atoms with Crippen LogP contribution in [0.4, 0.5) is 10.5 Å². The molecule has 1 aromatic heterocycles. The fraction of sp³-hybridized carbons (Fsp3) is 0.200. The number of rotatable bonds is 3. The number of hydrogen-bond acceptors (Lipinski definition) is 3. The van der Waals surface area contributed by atoms with Crippen LogP contribution < -0.4 is 10.2 Å². The molecule has 0 bridgehead atoms. The van der Waals surface area contributed by atoms with Crippen molar-refractivity contribution in [1.82, 2.24) is 5.32 Å². The summed E-state index contributed by atoms with van der Waals surface area (Å²) < 4.78 is 0. The summed E-state index contributed by atoms with van der Waals surface area (Å²) in [5, 5.41) is 15.9. The first-order chi connectivity index (χ1) is 10.1. The number of carboxylic acids is 1. The number of nitrogens with zero attached hydrogens (tertiary/aromatic N) is 1. The Bertz CT molecular complexity index is 682. The highest BCUT2D eigenvalue weighted by Gasteiger charge is 2.25. The summed E-state index contributed by atoms with van der Waals surface area (Å²) in [5.41, 5.74) is 2.96. The van der Waals surface area contributed by atoms with E-state index in [0.29, 0.717) is 18.8 Å². The van der Waals surface area contributed by atoms with Crippen LogP contribution in [0.2, 0.25) is 0 Å². The molecule has 1 aliphatic heterocycles. The van der Waals surface area contributed by atoms with Gasteiger partial charge < -0.3 is 10.4 Å². The summed E-state index contributed by atoms with van der Waals surface area (Å²) in [7, 11) is 0. The van der Waals surface area contributed by atoms with Crippen LogP contribution in [-0.4, -0.2) is 23.7 Å². The molecule has 0 fully saturated rings. The average molecular weight is 302 g/mol. The molecule has 2 N–H and O–H groups in total. The van der Waals surface area contributed by atoms with Gasteiger partial charge in [-0.15, -0.1) is 0 Å². The molecule has 0 unspecified atom stereocenters. The van der Waals surface area contributed by atoms with Crippen LogP contribution in [0.5, 0.6) is 0 Å². The van der Waals surface area contributed by atoms with Crippen LogP contribution in [0.15, 0.2) is 35.0 Å². The zero-order chi connectivity index (χ0) is 14.8. The number of carboxylic acid groups (broad SMARTS) is 1. The molecule has 1 aliphatic rings. The van der Waals surface area contributed by atoms with Crippen LogP contribution in [0.25, 0.3) is 0 Å². The second-order valence-electron chi connectivity index (χ2n) is 4.84. The third-order valence-electron chi connectivity index (χ3n) is 3.50. The van der Waals surface area contributed by atoms with E-state index in [0.717, 1.165) is 17.5 Å². The molecule has 6 heteroatoms. The molecule has 2 heterocycles. The SMILES string of the molecule is O=C(O)c1ccc2c(c1)N(C(=O)NCc1ccsc1)CC2. The van der Waals surface area contributed by atoms with E-state index in [2.05, 4.69) is 5.32 Å². The summed E-state index contributed by atoms with van der Waals surface area (Å²) in [6.07, 6.45) is 0.751. The van der Waals surface area contributed by atoms with Crippen LogP contribution in [-0.2, 0) is 13.0 Å². The van der Waals surface area contributed by atoms with Gasteiger partial charge in [-0.3, -0.25) is 4.90 Å². The molecule has 0 atom stereocenters. The first kappa shape index (κ1) is 13.6. The number of urea groups is 1. The topological polar surface area (TPSA) is 69.6 Å². The van der Waals surface area contributed by atoms with E-state index in [4.69, 9.17) is 5.11 Å². The smallest absolute Gasteiger partial charge is 0.335 e. The lowest BCUT2D eigenvalue weighted by atomic mass is 10.1. The van der Waals surface area contributed by atoms with Gasteiger partial charge in [-0.25, -0.2) is 9.59 Å². The third kappa shape index (κ3) is 2.75. The number of aromatic carboxylic acids is 1. The molecule has 0 saturated carbocycles. The van der Waals surface area contributed by atoms with E-state index in [1.54, 1.807) is 34.4 Å². The molecule has 21 heavy (non-hydrogen) atoms. The quantitative estimate of drug-likeness (QED) is 0.916. The highest BCUT2D eigenvalue weighted by atomic mass is 32.1. The fourth-order valence-electron chi connectivity index (χ4n) is 2.39. The zero-order valence-corrected chi connectivity index (χ0v) is 12.0. The van der Waals surface area contributed by atoms with Crippen molar-refractivity contribution in [3.8, 4) is 0 Å². The predicted octanol–water partition coefficient (Wildman–Crippen LogP) is 2.72. The second kappa shape index (κ2) is 5.57. The van der Waals surface area contributed by atoms with Gasteiger partial charge in [0.1, 0.15) is 0 Å². The van der Waals surface area contributed by atoms with Gasteiger partial charge in [0.05, 0.1) is 5.56 Å². The minimum Gasteiger partial charge on any atom is -0.478 e. The summed E-state index contributed by atoms with van der Waals surface area (Å²) >= 11 is 1.59. The maximum atomic E-state index is 12.3. The molecule has 0 aliphatic carbocycles. The predicted molar refractivity (Wildman–Crippen MR) is 81.0 cm³/mol. The maximum absolute atomic E-state index is 12.3. The van der Waals surface area contributed by atoms with Crippen LogP contribution in [0.3, 0.4) is 0 Å². The van der Waals surface area contributed by atoms with Gasteiger partial charge in [0.15, 0.2) is 0 Å². The number of hydrogen-bond donors (Lipinski definition) is 2. The molecular formula is C15H14N2O3S. The Morgan fingerprint density at radius 1 is 1.33 bits per heavy atom. The zero-order valence-electron chi connectivity index (χ0n) is 11.2. The van der Waals surface area contributed by atoms with E-state index in [1.165, 1.54) is 0 Å². The van der Waals surface area contributed by atoms with Crippen molar-refractivity contribution in [1.29, 1.82) is 0 Å². The molecular weight excluding hydrogens is 288 g/mol. The maximum Gasteiger partial charge on any atom is 0.335 e. The molecule has 0 saturated heterocycles. The van der Waals surface area contributed by atoms with E-state index >= 15 is 0 Å². The Balaban J connectivity index is 1.75. The van der Waals surface area contributed by atoms with Gasteiger partial charge in [-0.1, -0.05) is 6.07 Å². The average Bonchev–Trinajstić information content (AvgIpc) is 3.13. The van der Waals surface area contributed by atoms with Crippen molar-refractivity contribution < 1.29 is 14.7 Å². The van der Waals surface area contributed by atoms with Crippen molar-refractivity contribution in [2.24, 2.45) is 0 Å². The van der Waals surface area contributed by atoms with Crippen molar-refractivity contribution >= 4 is 29.0 Å². The Kier molecular flexibility index (Phi) is 3.62. The molecule has 5 nitrogen and oxygen atoms in total. The lowest BCUT2D eigenvalue weighted by Crippen LogP contribution is -2.38. The van der Waals surface area contributed by atoms with Gasteiger partial charge in [0.25, 0.3) is 0 Å². The number of amides is 2. The van der Waals surface area contributed by atoms with Gasteiger partial charge in [-0.05, 0) is 46.5 Å². The lowest BCUT2D eigenvalue weighted by molar-refractivity contribution is 0.0697. The van der Waals surface area contributed by atoms with Gasteiger partial charge in [-0.2, -0.15) is 11.3 Å². The van der Waals surface area contributed by atoms with Gasteiger partial charge in [0, 0.05) is 18.8 Å². The molecule has 1 aromatic carbocycles. The van der Waals surface area contributed by atoms with Crippen molar-refractivity contribution in [2.75, 3.05) is 11.4 Å². The first-order valence-corrected chi connectivity index (χ1v) is 7.52. The number of fused-ring (bicyclic) bond motifs is 1. The Labute approximate surface area is 125 Å². The van der Waals surface area contributed by atoms with Gasteiger partial charge in [0.2, 0.25) is 0 Å². The van der Waals surface area contributed by atoms with Crippen LogP contribution in [0, 0.1) is 0 Å². The number of benzene rings is 1. The number of nitrogens with one attached hydrogen (secondary N) is 1. The molecule has 108 valence electrons. The van der Waals surface area contributed by atoms with E-state index in [9.17, 15) is 9.59 Å². The van der Waals surface area contributed by atoms with Crippen LogP contribution in [0.1, 0.15) is 21.5 Å². The standard InChI is InChI=1S/C15H14N2O3S/c18-14(19)12-2-1-11-3-5-17(13(11)7-12)15(20)16-8-10-4-6-21-9-10/h1-2,4,6-7,9H,3,5,8H2,(H,16,20)(H,18,19). The van der Waals surface area contributed by atoms with E-state index in [-0.39, 0.29) is 11.6 Å². The summed E-state index contributed by atoms with van der Waals surface area (Å²) in [6.45, 7) is 1.06. The molecule has 0 spiro atoms. The number of anilines is 1. The molecule has 0 radical (unpaired) electrons. The summed E-state index contributed by atoms with van der Waals surface area (Å²) in [5.74, 6) is -0.983. The summed E-state index contributed by atoms with van der Waals surface area (Å²) in [4.78, 5) is 24.9. The molecule has 2 amide bonds. The normalized spacial score (nSPS) is 13.0. The van der Waals surface area contributed by atoms with Crippen molar-refractivity contribution in [3.05, 3.63) is 51.7 Å². The highest BCUT2D eigenvalue weighted by molar-refractivity contribution is 7.07. The van der Waals surface area contributed by atoms with Crippen molar-refractivity contribution in [2.45, 2.75) is 13.0 Å². The molecule has 3 rings (SSSR count). The monoisotopic (exact) mass is 302 g/mol. The highest BCUT2D eigenvalue weighted by Crippen LogP contribution is 2.29. The Morgan fingerprint density at radius 3 is 2.90 bits per heavy atom. The van der Waals surface area contributed by atoms with Gasteiger partial charge >= 0.3 is 12.0 Å². The minimum absolute atomic E-state index is 0.192. The first-order valence-electron chi connectivity index (χ1n) is 6.58. The van der Waals surface area contributed by atoms with E-state index < -0.39 is 5.97 Å². The summed E-state index contributed by atoms with van der Waals surface area (Å²) in [6, 6.07) is 6.70. The fourth-order valence-corrected chi connectivity index (χ4v) is 3.06. The Morgan fingerprint density at radius 2 is 2.19 bits per heavy atom. The number of carbonyl (C=O) groups is 2. The molecule has 2 aromatic rings. The minimum atomic E-state index is -0.983. The third-order valence-corrected chi connectivity index (χ3v) is 4.23.